The molecule has 168 valence electrons. The molecule has 0 spiro atoms. The van der Waals surface area contributed by atoms with Gasteiger partial charge in [0.25, 0.3) is 0 Å². The van der Waals surface area contributed by atoms with Crippen LogP contribution in [-0.2, 0) is 17.1 Å². The van der Waals surface area contributed by atoms with Crippen LogP contribution in [0.25, 0.3) is 0 Å². The predicted octanol–water partition coefficient (Wildman–Crippen LogP) is 4.93. The number of hydrogen-bond acceptors (Lipinski definition) is 7. The Bertz CT molecular complexity index is 1110. The van der Waals surface area contributed by atoms with Crippen LogP contribution in [0.3, 0.4) is 0 Å². The van der Waals surface area contributed by atoms with Gasteiger partial charge in [0.2, 0.25) is 5.91 Å². The van der Waals surface area contributed by atoms with Gasteiger partial charge in [-0.25, -0.2) is 18.7 Å². The molecule has 0 bridgehead atoms. The smallest absolute Gasteiger partial charge is 0.234 e. The summed E-state index contributed by atoms with van der Waals surface area (Å²) in [6.07, 6.45) is 1.71. The van der Waals surface area contributed by atoms with Crippen LogP contribution in [0.4, 0.5) is 14.5 Å². The lowest BCUT2D eigenvalue weighted by molar-refractivity contribution is -0.113. The summed E-state index contributed by atoms with van der Waals surface area (Å²) in [5.74, 6) is -0.925. The molecule has 0 unspecified atom stereocenters. The third kappa shape index (κ3) is 6.36. The average molecular weight is 541 g/mol. The molecule has 3 rings (SSSR count). The van der Waals surface area contributed by atoms with Gasteiger partial charge < -0.3 is 9.88 Å². The lowest BCUT2D eigenvalue weighted by Crippen LogP contribution is -2.16. The first-order valence-corrected chi connectivity index (χ1v) is 12.1. The number of hydrogen-bond donors (Lipinski definition) is 1. The molecule has 0 saturated heterocycles. The van der Waals surface area contributed by atoms with Crippen molar-refractivity contribution in [3.8, 4) is 0 Å². The van der Waals surface area contributed by atoms with E-state index in [0.29, 0.717) is 34.5 Å². The van der Waals surface area contributed by atoms with Crippen molar-refractivity contribution < 1.29 is 13.6 Å². The second-order valence-electron chi connectivity index (χ2n) is 6.60. The Hall–Kier alpha value is -2.31. The molecule has 0 aliphatic rings. The van der Waals surface area contributed by atoms with E-state index in [2.05, 4.69) is 48.0 Å². The highest BCUT2D eigenvalue weighted by Gasteiger charge is 2.17. The first-order chi connectivity index (χ1) is 15.3. The van der Waals surface area contributed by atoms with E-state index in [1.165, 1.54) is 11.8 Å². The third-order valence-corrected chi connectivity index (χ3v) is 6.44. The molecule has 2 aromatic heterocycles. The molecule has 1 amide bonds. The number of anilines is 1. The van der Waals surface area contributed by atoms with Gasteiger partial charge in [-0.2, -0.15) is 0 Å². The molecule has 1 N–H and O–H groups in total. The summed E-state index contributed by atoms with van der Waals surface area (Å²) < 4.78 is 29.1. The number of rotatable bonds is 9. The van der Waals surface area contributed by atoms with Gasteiger partial charge in [0, 0.05) is 28.5 Å². The van der Waals surface area contributed by atoms with Crippen molar-refractivity contribution in [2.24, 2.45) is 0 Å². The van der Waals surface area contributed by atoms with Crippen LogP contribution in [-0.4, -0.2) is 36.4 Å². The summed E-state index contributed by atoms with van der Waals surface area (Å²) in [6, 6.07) is 3.69. The van der Waals surface area contributed by atoms with E-state index in [-0.39, 0.29) is 15.9 Å². The lowest BCUT2D eigenvalue weighted by atomic mass is 10.3. The number of carbonyl (C=O) groups is 1. The second-order valence-corrected chi connectivity index (χ2v) is 9.34. The van der Waals surface area contributed by atoms with Crippen molar-refractivity contribution >= 4 is 51.0 Å². The summed E-state index contributed by atoms with van der Waals surface area (Å²) >= 11 is 5.65. The highest BCUT2D eigenvalue weighted by molar-refractivity contribution is 9.10. The van der Waals surface area contributed by atoms with Crippen LogP contribution in [0.15, 0.2) is 45.6 Å². The van der Waals surface area contributed by atoms with E-state index in [1.54, 1.807) is 6.08 Å². The normalized spacial score (nSPS) is 10.9. The molecule has 0 fully saturated rings. The van der Waals surface area contributed by atoms with Crippen molar-refractivity contribution in [1.82, 2.24) is 24.7 Å². The SMILES string of the molecule is C=CCn1c(CSc2nc(C)cc(C)n2)nnc1SCC(=O)Nc1c(F)cc(F)cc1Br. The van der Waals surface area contributed by atoms with E-state index >= 15 is 0 Å². The molecular formula is C20H19BrF2N6OS2. The topological polar surface area (TPSA) is 85.6 Å². The largest absolute Gasteiger partial charge is 0.322 e. The molecule has 0 atom stereocenters. The summed E-state index contributed by atoms with van der Waals surface area (Å²) in [7, 11) is 0. The van der Waals surface area contributed by atoms with Crippen LogP contribution < -0.4 is 5.32 Å². The minimum absolute atomic E-state index is 0.0359. The molecule has 0 radical (unpaired) electrons. The number of nitrogens with one attached hydrogen (secondary N) is 1. The van der Waals surface area contributed by atoms with Gasteiger partial charge in [-0.3, -0.25) is 4.79 Å². The fourth-order valence-electron chi connectivity index (χ4n) is 2.70. The van der Waals surface area contributed by atoms with E-state index in [9.17, 15) is 13.6 Å². The zero-order valence-corrected chi connectivity index (χ0v) is 20.5. The number of halogens is 3. The Morgan fingerprint density at radius 3 is 2.56 bits per heavy atom. The number of carbonyl (C=O) groups excluding carboxylic acids is 1. The van der Waals surface area contributed by atoms with Gasteiger partial charge in [-0.1, -0.05) is 29.6 Å². The number of nitrogens with zero attached hydrogens (tertiary/aromatic N) is 5. The average Bonchev–Trinajstić information content (AvgIpc) is 3.09. The van der Waals surface area contributed by atoms with E-state index < -0.39 is 17.5 Å². The quantitative estimate of drug-likeness (QED) is 0.234. The number of benzene rings is 1. The van der Waals surface area contributed by atoms with Crippen LogP contribution in [0, 0.1) is 25.5 Å². The van der Waals surface area contributed by atoms with Crippen LogP contribution >= 0.6 is 39.5 Å². The molecule has 1 aromatic carbocycles. The van der Waals surface area contributed by atoms with Crippen molar-refractivity contribution in [3.63, 3.8) is 0 Å². The number of amides is 1. The molecule has 0 aliphatic heterocycles. The third-order valence-electron chi connectivity index (χ3n) is 4.00. The van der Waals surface area contributed by atoms with Gasteiger partial charge in [-0.05, 0) is 41.9 Å². The summed E-state index contributed by atoms with van der Waals surface area (Å²) in [5.41, 5.74) is 1.66. The summed E-state index contributed by atoms with van der Waals surface area (Å²) in [5, 5.41) is 12.0. The molecule has 0 aliphatic carbocycles. The molecule has 7 nitrogen and oxygen atoms in total. The maximum atomic E-state index is 13.9. The standard InChI is InChI=1S/C20H19BrF2N6OS2/c1-4-5-29-16(9-31-19-24-11(2)6-12(3)25-19)27-28-20(29)32-10-17(30)26-18-14(21)7-13(22)8-15(18)23/h4,6-8H,1,5,9-10H2,2-3H3,(H,26,30). The second kappa shape index (κ2) is 11.0. The number of aryl methyl sites for hydroxylation is 2. The first-order valence-electron chi connectivity index (χ1n) is 9.32. The van der Waals surface area contributed by atoms with Crippen LogP contribution in [0.2, 0.25) is 0 Å². The molecule has 0 saturated carbocycles. The van der Waals surface area contributed by atoms with Crippen molar-refractivity contribution in [2.75, 3.05) is 11.1 Å². The first kappa shape index (κ1) is 24.3. The minimum Gasteiger partial charge on any atom is -0.322 e. The fourth-order valence-corrected chi connectivity index (χ4v) is 4.86. The van der Waals surface area contributed by atoms with Crippen LogP contribution in [0.1, 0.15) is 17.2 Å². The van der Waals surface area contributed by atoms with Crippen molar-refractivity contribution in [2.45, 2.75) is 36.5 Å². The van der Waals surface area contributed by atoms with E-state index in [1.807, 2.05) is 24.5 Å². The van der Waals surface area contributed by atoms with Crippen molar-refractivity contribution in [3.05, 3.63) is 64.2 Å². The Morgan fingerprint density at radius 2 is 1.91 bits per heavy atom. The van der Waals surface area contributed by atoms with E-state index in [4.69, 9.17) is 0 Å². The Labute approximate surface area is 200 Å². The Balaban J connectivity index is 1.66. The molecule has 12 heteroatoms. The van der Waals surface area contributed by atoms with Gasteiger partial charge in [0.1, 0.15) is 11.6 Å². The zero-order chi connectivity index (χ0) is 23.3. The van der Waals surface area contributed by atoms with E-state index in [0.717, 1.165) is 29.2 Å². The highest BCUT2D eigenvalue weighted by atomic mass is 79.9. The number of allylic oxidation sites excluding steroid dienone is 1. The molecule has 32 heavy (non-hydrogen) atoms. The Morgan fingerprint density at radius 1 is 1.19 bits per heavy atom. The molecule has 3 aromatic rings. The molecular weight excluding hydrogens is 522 g/mol. The maximum Gasteiger partial charge on any atom is 0.234 e. The van der Waals surface area contributed by atoms with Crippen molar-refractivity contribution in [1.29, 1.82) is 0 Å². The van der Waals surface area contributed by atoms with Gasteiger partial charge in [0.15, 0.2) is 16.1 Å². The minimum atomic E-state index is -0.863. The van der Waals surface area contributed by atoms with Gasteiger partial charge in [0.05, 0.1) is 17.2 Å². The Kier molecular flexibility index (Phi) is 8.38. The number of thioether (sulfide) groups is 2. The van der Waals surface area contributed by atoms with Crippen LogP contribution in [0.5, 0.6) is 0 Å². The highest BCUT2D eigenvalue weighted by Crippen LogP contribution is 2.28. The number of aromatic nitrogens is 5. The zero-order valence-electron chi connectivity index (χ0n) is 17.2. The summed E-state index contributed by atoms with van der Waals surface area (Å²) in [6.45, 7) is 8.04. The molecule has 2 heterocycles. The predicted molar refractivity (Wildman–Crippen MR) is 125 cm³/mol. The van der Waals surface area contributed by atoms with Gasteiger partial charge in [-0.15, -0.1) is 16.8 Å². The monoisotopic (exact) mass is 540 g/mol. The van der Waals surface area contributed by atoms with Gasteiger partial charge >= 0.3 is 0 Å². The summed E-state index contributed by atoms with van der Waals surface area (Å²) in [4.78, 5) is 21.1. The maximum absolute atomic E-state index is 13.9. The fraction of sp³-hybridized carbons (Fsp3) is 0.250. The lowest BCUT2D eigenvalue weighted by Gasteiger charge is -2.10.